The van der Waals surface area contributed by atoms with Gasteiger partial charge in [0.05, 0.1) is 10.0 Å². The molecule has 4 nitrogen and oxygen atoms in total. The fraction of sp³-hybridized carbons (Fsp3) is 0.400. The van der Waals surface area contributed by atoms with E-state index in [9.17, 15) is 5.11 Å². The van der Waals surface area contributed by atoms with Gasteiger partial charge in [-0.2, -0.15) is 0 Å². The van der Waals surface area contributed by atoms with E-state index in [0.717, 1.165) is 32.7 Å². The Balaban J connectivity index is 1.40. The largest absolute Gasteiger partial charge is 0.488 e. The molecule has 1 aliphatic heterocycles. The average molecular weight is 395 g/mol. The standard InChI is InChI=1S/C20H24Cl2N2O2/c21-18-7-4-8-19(22)20(18)26-15-17(25)14-24-11-9-23(10-12-24)13-16-5-2-1-3-6-16/h1-8,17,25H,9-15H2/t17-/m0/s1. The van der Waals surface area contributed by atoms with Gasteiger partial charge in [0.2, 0.25) is 0 Å². The zero-order valence-electron chi connectivity index (χ0n) is 14.7. The van der Waals surface area contributed by atoms with Gasteiger partial charge < -0.3 is 9.84 Å². The van der Waals surface area contributed by atoms with Crippen molar-refractivity contribution in [2.75, 3.05) is 39.3 Å². The van der Waals surface area contributed by atoms with E-state index in [1.54, 1.807) is 18.2 Å². The van der Waals surface area contributed by atoms with Gasteiger partial charge in [-0.15, -0.1) is 0 Å². The number of nitrogens with zero attached hydrogens (tertiary/aromatic N) is 2. The Morgan fingerprint density at radius 3 is 2.15 bits per heavy atom. The average Bonchev–Trinajstić information content (AvgIpc) is 2.64. The maximum Gasteiger partial charge on any atom is 0.156 e. The molecule has 0 saturated carbocycles. The van der Waals surface area contributed by atoms with Crippen LogP contribution in [0.2, 0.25) is 10.0 Å². The first-order valence-corrected chi connectivity index (χ1v) is 9.61. The Morgan fingerprint density at radius 1 is 0.885 bits per heavy atom. The van der Waals surface area contributed by atoms with Crippen molar-refractivity contribution in [3.63, 3.8) is 0 Å². The van der Waals surface area contributed by atoms with E-state index >= 15 is 0 Å². The molecule has 1 heterocycles. The topological polar surface area (TPSA) is 35.9 Å². The summed E-state index contributed by atoms with van der Waals surface area (Å²) >= 11 is 12.2. The molecule has 0 amide bonds. The molecule has 1 saturated heterocycles. The molecule has 0 bridgehead atoms. The molecule has 6 heteroatoms. The summed E-state index contributed by atoms with van der Waals surface area (Å²) in [6.45, 7) is 5.62. The molecule has 0 spiro atoms. The molecule has 0 aromatic heterocycles. The second-order valence-electron chi connectivity index (χ2n) is 6.58. The van der Waals surface area contributed by atoms with Gasteiger partial charge in [-0.05, 0) is 17.7 Å². The second-order valence-corrected chi connectivity index (χ2v) is 7.39. The smallest absolute Gasteiger partial charge is 0.156 e. The quantitative estimate of drug-likeness (QED) is 0.778. The highest BCUT2D eigenvalue weighted by molar-refractivity contribution is 6.37. The van der Waals surface area contributed by atoms with Gasteiger partial charge >= 0.3 is 0 Å². The van der Waals surface area contributed by atoms with Crippen molar-refractivity contribution in [3.05, 3.63) is 64.1 Å². The van der Waals surface area contributed by atoms with E-state index in [4.69, 9.17) is 27.9 Å². The highest BCUT2D eigenvalue weighted by atomic mass is 35.5. The SMILES string of the molecule is O[C@H](COc1c(Cl)cccc1Cl)CN1CCN(Cc2ccccc2)CC1. The summed E-state index contributed by atoms with van der Waals surface area (Å²) in [5.41, 5.74) is 1.34. The van der Waals surface area contributed by atoms with Crippen molar-refractivity contribution in [1.82, 2.24) is 9.80 Å². The molecular formula is C20H24Cl2N2O2. The van der Waals surface area contributed by atoms with E-state index in [1.807, 2.05) is 6.07 Å². The number of aliphatic hydroxyl groups excluding tert-OH is 1. The van der Waals surface area contributed by atoms with Crippen molar-refractivity contribution in [3.8, 4) is 5.75 Å². The third-order valence-electron chi connectivity index (χ3n) is 4.52. The van der Waals surface area contributed by atoms with Crippen LogP contribution in [-0.4, -0.2) is 60.3 Å². The van der Waals surface area contributed by atoms with Crippen LogP contribution in [0.3, 0.4) is 0 Å². The zero-order valence-corrected chi connectivity index (χ0v) is 16.2. The van der Waals surface area contributed by atoms with E-state index in [0.29, 0.717) is 22.3 Å². The van der Waals surface area contributed by atoms with Crippen LogP contribution < -0.4 is 4.74 Å². The van der Waals surface area contributed by atoms with Gasteiger partial charge in [-0.3, -0.25) is 9.80 Å². The summed E-state index contributed by atoms with van der Waals surface area (Å²) in [7, 11) is 0. The minimum Gasteiger partial charge on any atom is -0.488 e. The number of rotatable bonds is 7. The van der Waals surface area contributed by atoms with Crippen molar-refractivity contribution < 1.29 is 9.84 Å². The van der Waals surface area contributed by atoms with Crippen LogP contribution in [0.25, 0.3) is 0 Å². The van der Waals surface area contributed by atoms with E-state index in [2.05, 4.69) is 34.1 Å². The zero-order chi connectivity index (χ0) is 18.4. The minimum absolute atomic E-state index is 0.174. The van der Waals surface area contributed by atoms with Gasteiger partial charge in [0, 0.05) is 39.3 Å². The van der Waals surface area contributed by atoms with Crippen LogP contribution >= 0.6 is 23.2 Å². The second kappa shape index (κ2) is 9.58. The van der Waals surface area contributed by atoms with E-state index in [1.165, 1.54) is 5.56 Å². The van der Waals surface area contributed by atoms with Gasteiger partial charge in [0.1, 0.15) is 12.7 Å². The van der Waals surface area contributed by atoms with Crippen molar-refractivity contribution >= 4 is 23.2 Å². The summed E-state index contributed by atoms with van der Waals surface area (Å²) in [5, 5.41) is 11.2. The van der Waals surface area contributed by atoms with Crippen LogP contribution in [0.4, 0.5) is 0 Å². The number of β-amino-alcohol motifs (C(OH)–C–C–N with tert-alkyl or cyclic N) is 1. The number of benzene rings is 2. The number of halogens is 2. The maximum atomic E-state index is 10.3. The normalized spacial score (nSPS) is 17.2. The van der Waals surface area contributed by atoms with Crippen LogP contribution in [0, 0.1) is 0 Å². The molecule has 140 valence electrons. The number of piperazine rings is 1. The lowest BCUT2D eigenvalue weighted by molar-refractivity contribution is 0.0447. The first-order chi connectivity index (χ1) is 12.6. The van der Waals surface area contributed by atoms with Crippen LogP contribution in [-0.2, 0) is 6.54 Å². The van der Waals surface area contributed by atoms with Gasteiger partial charge in [0.15, 0.2) is 5.75 Å². The summed E-state index contributed by atoms with van der Waals surface area (Å²) in [6, 6.07) is 15.7. The molecule has 1 atom stereocenters. The molecule has 0 unspecified atom stereocenters. The maximum absolute atomic E-state index is 10.3. The molecule has 1 aliphatic rings. The van der Waals surface area contributed by atoms with E-state index < -0.39 is 6.10 Å². The van der Waals surface area contributed by atoms with Crippen molar-refractivity contribution in [2.45, 2.75) is 12.6 Å². The predicted molar refractivity (Wildman–Crippen MR) is 106 cm³/mol. The van der Waals surface area contributed by atoms with Crippen molar-refractivity contribution in [2.24, 2.45) is 0 Å². The highest BCUT2D eigenvalue weighted by Gasteiger charge is 2.20. The summed E-state index contributed by atoms with van der Waals surface area (Å²) in [5.74, 6) is 0.433. The summed E-state index contributed by atoms with van der Waals surface area (Å²) in [4.78, 5) is 4.71. The number of para-hydroxylation sites is 1. The summed E-state index contributed by atoms with van der Waals surface area (Å²) in [6.07, 6.45) is -0.581. The third kappa shape index (κ3) is 5.60. The monoisotopic (exact) mass is 394 g/mol. The molecule has 2 aromatic carbocycles. The fourth-order valence-corrected chi connectivity index (χ4v) is 3.63. The van der Waals surface area contributed by atoms with Crippen LogP contribution in [0.15, 0.2) is 48.5 Å². The number of hydrogen-bond acceptors (Lipinski definition) is 4. The summed E-state index contributed by atoms with van der Waals surface area (Å²) < 4.78 is 5.62. The lowest BCUT2D eigenvalue weighted by atomic mass is 10.2. The van der Waals surface area contributed by atoms with Gasteiger partial charge in [0.25, 0.3) is 0 Å². The lowest BCUT2D eigenvalue weighted by Gasteiger charge is -2.35. The molecule has 0 aliphatic carbocycles. The highest BCUT2D eigenvalue weighted by Crippen LogP contribution is 2.32. The molecule has 26 heavy (non-hydrogen) atoms. The molecule has 1 N–H and O–H groups in total. The number of aliphatic hydroxyl groups is 1. The van der Waals surface area contributed by atoms with Crippen LogP contribution in [0.1, 0.15) is 5.56 Å². The van der Waals surface area contributed by atoms with E-state index in [-0.39, 0.29) is 6.61 Å². The Hall–Kier alpha value is -1.30. The predicted octanol–water partition coefficient (Wildman–Crippen LogP) is 3.55. The molecule has 2 aromatic rings. The van der Waals surface area contributed by atoms with Crippen LogP contribution in [0.5, 0.6) is 5.75 Å². The Bertz CT molecular complexity index is 671. The molecule has 3 rings (SSSR count). The number of ether oxygens (including phenoxy) is 1. The first kappa shape index (κ1) is 19.5. The number of hydrogen-bond donors (Lipinski definition) is 1. The first-order valence-electron chi connectivity index (χ1n) is 8.85. The Morgan fingerprint density at radius 2 is 1.50 bits per heavy atom. The Labute approximate surface area is 164 Å². The lowest BCUT2D eigenvalue weighted by Crippen LogP contribution is -2.48. The molecular weight excluding hydrogens is 371 g/mol. The third-order valence-corrected chi connectivity index (χ3v) is 5.12. The van der Waals surface area contributed by atoms with Gasteiger partial charge in [-0.25, -0.2) is 0 Å². The Kier molecular flexibility index (Phi) is 7.17. The van der Waals surface area contributed by atoms with Crippen molar-refractivity contribution in [1.29, 1.82) is 0 Å². The molecule has 0 radical (unpaired) electrons. The fourth-order valence-electron chi connectivity index (χ4n) is 3.12. The molecule has 1 fully saturated rings. The minimum atomic E-state index is -0.581. The van der Waals surface area contributed by atoms with Gasteiger partial charge in [-0.1, -0.05) is 59.6 Å².